The van der Waals surface area contributed by atoms with Crippen LogP contribution in [0.1, 0.15) is 44.4 Å². The molecule has 0 spiro atoms. The van der Waals surface area contributed by atoms with E-state index in [4.69, 9.17) is 4.74 Å². The van der Waals surface area contributed by atoms with E-state index in [1.165, 1.54) is 4.90 Å². The second kappa shape index (κ2) is 13.7. The highest BCUT2D eigenvalue weighted by Gasteiger charge is 2.34. The van der Waals surface area contributed by atoms with Crippen molar-refractivity contribution in [3.8, 4) is 5.75 Å². The maximum Gasteiger partial charge on any atom is 0.244 e. The second-order valence-corrected chi connectivity index (χ2v) is 13.0. The lowest BCUT2D eigenvalue weighted by Crippen LogP contribution is -2.56. The Labute approximate surface area is 244 Å². The maximum atomic E-state index is 14.2. The monoisotopic (exact) mass is 579 g/mol. The number of carbonyl (C=O) groups is 2. The van der Waals surface area contributed by atoms with E-state index in [1.54, 1.807) is 31.2 Å². The van der Waals surface area contributed by atoms with Crippen molar-refractivity contribution >= 4 is 27.5 Å². The number of sulfonamides is 1. The first-order chi connectivity index (χ1) is 19.3. The van der Waals surface area contributed by atoms with Gasteiger partial charge in [-0.25, -0.2) is 8.42 Å². The Bertz CT molecular complexity index is 1420. The fourth-order valence-corrected chi connectivity index (χ4v) is 5.29. The van der Waals surface area contributed by atoms with E-state index in [2.05, 4.69) is 5.32 Å². The van der Waals surface area contributed by atoms with Crippen LogP contribution in [0.15, 0.2) is 78.9 Å². The largest absolute Gasteiger partial charge is 0.492 e. The van der Waals surface area contributed by atoms with Crippen LogP contribution in [-0.2, 0) is 32.6 Å². The van der Waals surface area contributed by atoms with Gasteiger partial charge in [-0.2, -0.15) is 0 Å². The molecule has 0 fully saturated rings. The van der Waals surface area contributed by atoms with E-state index in [9.17, 15) is 18.0 Å². The molecule has 220 valence electrons. The lowest BCUT2D eigenvalue weighted by molar-refractivity contribution is -0.140. The summed E-state index contributed by atoms with van der Waals surface area (Å²) in [6.45, 7) is 9.38. The molecule has 0 unspecified atom stereocenters. The number of anilines is 1. The van der Waals surface area contributed by atoms with Crippen molar-refractivity contribution in [1.82, 2.24) is 10.2 Å². The van der Waals surface area contributed by atoms with Crippen molar-refractivity contribution < 1.29 is 22.7 Å². The highest BCUT2D eigenvalue weighted by atomic mass is 32.2. The molecule has 8 nitrogen and oxygen atoms in total. The number of nitrogens with zero attached hydrogens (tertiary/aromatic N) is 2. The fourth-order valence-electron chi connectivity index (χ4n) is 4.43. The quantitative estimate of drug-likeness (QED) is 0.335. The van der Waals surface area contributed by atoms with Crippen molar-refractivity contribution in [2.45, 2.75) is 59.2 Å². The molecule has 3 rings (SSSR count). The fraction of sp³-hybridized carbons (Fsp3) is 0.375. The van der Waals surface area contributed by atoms with Gasteiger partial charge in [0.15, 0.2) is 0 Å². The molecule has 41 heavy (non-hydrogen) atoms. The highest BCUT2D eigenvalue weighted by Crippen LogP contribution is 2.30. The summed E-state index contributed by atoms with van der Waals surface area (Å²) in [6.07, 6.45) is 1.32. The van der Waals surface area contributed by atoms with Gasteiger partial charge in [0.1, 0.15) is 18.3 Å². The van der Waals surface area contributed by atoms with Gasteiger partial charge in [-0.1, -0.05) is 72.3 Å². The Morgan fingerprint density at radius 2 is 1.51 bits per heavy atom. The van der Waals surface area contributed by atoms with Crippen molar-refractivity contribution in [3.05, 3.63) is 95.6 Å². The summed E-state index contributed by atoms with van der Waals surface area (Å²) in [7, 11) is -3.89. The summed E-state index contributed by atoms with van der Waals surface area (Å²) in [4.78, 5) is 29.5. The predicted octanol–water partition coefficient (Wildman–Crippen LogP) is 4.71. The number of hydrogen-bond acceptors (Lipinski definition) is 5. The smallest absolute Gasteiger partial charge is 0.244 e. The summed E-state index contributed by atoms with van der Waals surface area (Å²) >= 11 is 0. The third-order valence-corrected chi connectivity index (χ3v) is 7.48. The molecule has 0 aromatic heterocycles. The first-order valence-corrected chi connectivity index (χ1v) is 15.5. The lowest BCUT2D eigenvalue weighted by Gasteiger charge is -2.35. The van der Waals surface area contributed by atoms with E-state index in [1.807, 2.05) is 82.3 Å². The third kappa shape index (κ3) is 9.35. The van der Waals surface area contributed by atoms with Crippen LogP contribution in [0, 0.1) is 6.92 Å². The number of aryl methyl sites for hydroxylation is 1. The molecule has 0 bridgehead atoms. The Kier molecular flexibility index (Phi) is 10.6. The van der Waals surface area contributed by atoms with E-state index in [0.29, 0.717) is 12.4 Å². The number of rotatable bonds is 12. The molecule has 1 N–H and O–H groups in total. The molecule has 0 aliphatic heterocycles. The topological polar surface area (TPSA) is 96.0 Å². The molecule has 3 aromatic rings. The average Bonchev–Trinajstić information content (AvgIpc) is 2.90. The second-order valence-electron chi connectivity index (χ2n) is 11.1. The first-order valence-electron chi connectivity index (χ1n) is 13.7. The van der Waals surface area contributed by atoms with Gasteiger partial charge in [0, 0.05) is 18.5 Å². The van der Waals surface area contributed by atoms with Gasteiger partial charge >= 0.3 is 0 Å². The van der Waals surface area contributed by atoms with E-state index in [0.717, 1.165) is 27.3 Å². The van der Waals surface area contributed by atoms with E-state index >= 15 is 0 Å². The molecule has 0 aliphatic rings. The molecule has 0 saturated heterocycles. The summed E-state index contributed by atoms with van der Waals surface area (Å²) in [5.41, 5.74) is 2.49. The minimum absolute atomic E-state index is 0.124. The van der Waals surface area contributed by atoms with Gasteiger partial charge in [-0.3, -0.25) is 13.9 Å². The third-order valence-electron chi connectivity index (χ3n) is 6.36. The van der Waals surface area contributed by atoms with Crippen LogP contribution < -0.4 is 14.4 Å². The SMILES string of the molecule is CCOc1ccccc1N(CC(=O)N(Cc1ccc(C)cc1)[C@@H](Cc1ccccc1)C(=O)NC(C)(C)C)S(C)(=O)=O. The maximum absolute atomic E-state index is 14.2. The number of nitrogens with one attached hydrogen (secondary N) is 1. The normalized spacial score (nSPS) is 12.3. The number of amides is 2. The number of carbonyl (C=O) groups excluding carboxylic acids is 2. The molecule has 2 amide bonds. The molecule has 9 heteroatoms. The summed E-state index contributed by atoms with van der Waals surface area (Å²) in [5.74, 6) is -0.473. The van der Waals surface area contributed by atoms with Crippen LogP contribution in [0.4, 0.5) is 5.69 Å². The highest BCUT2D eigenvalue weighted by molar-refractivity contribution is 7.92. The minimum atomic E-state index is -3.89. The van der Waals surface area contributed by atoms with Crippen molar-refractivity contribution in [2.75, 3.05) is 23.7 Å². The van der Waals surface area contributed by atoms with Crippen molar-refractivity contribution in [2.24, 2.45) is 0 Å². The minimum Gasteiger partial charge on any atom is -0.492 e. The van der Waals surface area contributed by atoms with Crippen molar-refractivity contribution in [3.63, 3.8) is 0 Å². The molecule has 0 radical (unpaired) electrons. The van der Waals surface area contributed by atoms with Gasteiger partial charge < -0.3 is 15.0 Å². The van der Waals surface area contributed by atoms with Crippen molar-refractivity contribution in [1.29, 1.82) is 0 Å². The molecule has 0 saturated carbocycles. The lowest BCUT2D eigenvalue weighted by atomic mass is 10.0. The zero-order valence-electron chi connectivity index (χ0n) is 24.8. The van der Waals surface area contributed by atoms with E-state index in [-0.39, 0.29) is 24.6 Å². The molecule has 3 aromatic carbocycles. The van der Waals surface area contributed by atoms with Crippen LogP contribution in [0.3, 0.4) is 0 Å². The van der Waals surface area contributed by atoms with Crippen LogP contribution in [-0.4, -0.2) is 56.1 Å². The van der Waals surface area contributed by atoms with Crippen LogP contribution in [0.5, 0.6) is 5.75 Å². The zero-order valence-corrected chi connectivity index (χ0v) is 25.6. The predicted molar refractivity (Wildman–Crippen MR) is 163 cm³/mol. The first kappa shape index (κ1) is 31.7. The molecular weight excluding hydrogens is 538 g/mol. The number of benzene rings is 3. The van der Waals surface area contributed by atoms with Gasteiger partial charge in [0.2, 0.25) is 21.8 Å². The molecule has 1 atom stereocenters. The Morgan fingerprint density at radius 3 is 2.10 bits per heavy atom. The number of ether oxygens (including phenoxy) is 1. The Balaban J connectivity index is 2.09. The zero-order chi connectivity index (χ0) is 30.2. The molecule has 0 heterocycles. The van der Waals surface area contributed by atoms with Gasteiger partial charge in [-0.15, -0.1) is 0 Å². The van der Waals surface area contributed by atoms with Crippen LogP contribution in [0.25, 0.3) is 0 Å². The average molecular weight is 580 g/mol. The summed E-state index contributed by atoms with van der Waals surface area (Å²) in [6, 6.07) is 23.0. The number of para-hydroxylation sites is 2. The Hall–Kier alpha value is -3.85. The summed E-state index contributed by atoms with van der Waals surface area (Å²) < 4.78 is 32.8. The number of hydrogen-bond donors (Lipinski definition) is 1. The van der Waals surface area contributed by atoms with E-state index < -0.39 is 34.1 Å². The standard InChI is InChI=1S/C32H41N3O5S/c1-7-40-29-16-12-11-15-27(29)35(41(6,38)39)23-30(36)34(22-26-19-17-24(2)18-20-26)28(31(37)33-32(3,4)5)21-25-13-9-8-10-14-25/h8-20,28H,7,21-23H2,1-6H3,(H,33,37)/t28-/m0/s1. The van der Waals surface area contributed by atoms with Crippen LogP contribution in [0.2, 0.25) is 0 Å². The molecular formula is C32H41N3O5S. The van der Waals surface area contributed by atoms with Gasteiger partial charge in [0.25, 0.3) is 0 Å². The summed E-state index contributed by atoms with van der Waals surface area (Å²) in [5, 5.41) is 3.03. The Morgan fingerprint density at radius 1 is 0.902 bits per heavy atom. The molecule has 0 aliphatic carbocycles. The van der Waals surface area contributed by atoms with Gasteiger partial charge in [-0.05, 0) is 57.9 Å². The van der Waals surface area contributed by atoms with Gasteiger partial charge in [0.05, 0.1) is 18.6 Å². The van der Waals surface area contributed by atoms with Crippen LogP contribution >= 0.6 is 0 Å².